The predicted octanol–water partition coefficient (Wildman–Crippen LogP) is 2.74. The van der Waals surface area contributed by atoms with Gasteiger partial charge in [0.15, 0.2) is 5.82 Å². The van der Waals surface area contributed by atoms with Crippen molar-refractivity contribution in [3.8, 4) is 0 Å². The lowest BCUT2D eigenvalue weighted by atomic mass is 10.1. The predicted molar refractivity (Wildman–Crippen MR) is 97.5 cm³/mol. The first-order chi connectivity index (χ1) is 12.1. The van der Waals surface area contributed by atoms with Gasteiger partial charge in [0.25, 0.3) is 0 Å². The zero-order chi connectivity index (χ0) is 17.6. The van der Waals surface area contributed by atoms with Crippen LogP contribution in [0.5, 0.6) is 0 Å². The van der Waals surface area contributed by atoms with Gasteiger partial charge in [-0.05, 0) is 30.7 Å². The van der Waals surface area contributed by atoms with Crippen LogP contribution in [0.4, 0.5) is 5.69 Å². The second-order valence-electron chi connectivity index (χ2n) is 7.14. The van der Waals surface area contributed by atoms with Crippen molar-refractivity contribution in [3.63, 3.8) is 0 Å². The lowest BCUT2D eigenvalue weighted by Gasteiger charge is -2.29. The smallest absolute Gasteiger partial charge is 0.240 e. The normalized spacial score (nSPS) is 15.3. The molecule has 0 aliphatic carbocycles. The van der Waals surface area contributed by atoms with Gasteiger partial charge in [-0.25, -0.2) is 0 Å². The topological polar surface area (TPSA) is 54.6 Å². The number of hydrogen-bond donors (Lipinski definition) is 0. The molecule has 0 radical (unpaired) electrons. The van der Waals surface area contributed by atoms with Crippen LogP contribution in [-0.2, 0) is 24.2 Å². The third-order valence-electron chi connectivity index (χ3n) is 4.27. The Bertz CT molecular complexity index is 648. The molecule has 1 aromatic heterocycles. The van der Waals surface area contributed by atoms with Crippen molar-refractivity contribution in [1.82, 2.24) is 15.0 Å². The highest BCUT2D eigenvalue weighted by Crippen LogP contribution is 2.17. The quantitative estimate of drug-likeness (QED) is 0.770. The second-order valence-corrected chi connectivity index (χ2v) is 7.14. The molecule has 0 unspecified atom stereocenters. The highest BCUT2D eigenvalue weighted by atomic mass is 16.5. The van der Waals surface area contributed by atoms with E-state index < -0.39 is 0 Å². The summed E-state index contributed by atoms with van der Waals surface area (Å²) in [6.45, 7) is 9.39. The summed E-state index contributed by atoms with van der Waals surface area (Å²) in [6.07, 6.45) is 0.857. The van der Waals surface area contributed by atoms with Gasteiger partial charge in [0.2, 0.25) is 5.89 Å². The maximum Gasteiger partial charge on any atom is 0.240 e. The molecule has 1 saturated heterocycles. The van der Waals surface area contributed by atoms with Gasteiger partial charge in [-0.3, -0.25) is 4.90 Å². The minimum absolute atomic E-state index is 0.535. The van der Waals surface area contributed by atoms with E-state index in [4.69, 9.17) is 9.26 Å². The standard InChI is InChI=1S/C19H28N4O2/c1-15(2)12-18-20-19(25-21-18)14-22(3)13-16-4-6-17(7-5-16)23-8-10-24-11-9-23/h4-7,15H,8-14H2,1-3H3. The van der Waals surface area contributed by atoms with E-state index in [1.54, 1.807) is 0 Å². The molecule has 0 amide bonds. The van der Waals surface area contributed by atoms with Crippen LogP contribution in [0, 0.1) is 5.92 Å². The molecule has 6 heteroatoms. The molecule has 2 heterocycles. The van der Waals surface area contributed by atoms with Crippen molar-refractivity contribution in [2.24, 2.45) is 5.92 Å². The first-order valence-corrected chi connectivity index (χ1v) is 9.02. The van der Waals surface area contributed by atoms with Gasteiger partial charge in [0.1, 0.15) is 0 Å². The average Bonchev–Trinajstić information content (AvgIpc) is 3.02. The lowest BCUT2D eigenvalue weighted by Crippen LogP contribution is -2.36. The number of benzene rings is 1. The van der Waals surface area contributed by atoms with Gasteiger partial charge >= 0.3 is 0 Å². The molecule has 1 fully saturated rings. The number of morpholine rings is 1. The molecule has 2 aromatic rings. The SMILES string of the molecule is CC(C)Cc1noc(CN(C)Cc2ccc(N3CCOCC3)cc2)n1. The van der Waals surface area contributed by atoms with Crippen molar-refractivity contribution < 1.29 is 9.26 Å². The highest BCUT2D eigenvalue weighted by Gasteiger charge is 2.12. The largest absolute Gasteiger partial charge is 0.378 e. The first kappa shape index (κ1) is 17.9. The van der Waals surface area contributed by atoms with Gasteiger partial charge in [-0.15, -0.1) is 0 Å². The van der Waals surface area contributed by atoms with Crippen LogP contribution in [0.25, 0.3) is 0 Å². The number of hydrogen-bond acceptors (Lipinski definition) is 6. The van der Waals surface area contributed by atoms with Crippen LogP contribution < -0.4 is 4.90 Å². The Hall–Kier alpha value is -1.92. The third-order valence-corrected chi connectivity index (χ3v) is 4.27. The Morgan fingerprint density at radius 2 is 1.84 bits per heavy atom. The molecule has 0 bridgehead atoms. The molecule has 0 spiro atoms. The zero-order valence-corrected chi connectivity index (χ0v) is 15.4. The number of nitrogens with zero attached hydrogens (tertiary/aromatic N) is 4. The lowest BCUT2D eigenvalue weighted by molar-refractivity contribution is 0.122. The molecule has 3 rings (SSSR count). The Balaban J connectivity index is 1.52. The first-order valence-electron chi connectivity index (χ1n) is 9.02. The van der Waals surface area contributed by atoms with Crippen LogP contribution in [0.2, 0.25) is 0 Å². The summed E-state index contributed by atoms with van der Waals surface area (Å²) in [6, 6.07) is 8.78. The summed E-state index contributed by atoms with van der Waals surface area (Å²) in [5, 5.41) is 4.05. The molecule has 136 valence electrons. The van der Waals surface area contributed by atoms with E-state index in [9.17, 15) is 0 Å². The van der Waals surface area contributed by atoms with E-state index >= 15 is 0 Å². The highest BCUT2D eigenvalue weighted by molar-refractivity contribution is 5.47. The maximum absolute atomic E-state index is 5.41. The maximum atomic E-state index is 5.41. The summed E-state index contributed by atoms with van der Waals surface area (Å²) in [5.41, 5.74) is 2.55. The molecule has 1 aromatic carbocycles. The van der Waals surface area contributed by atoms with Gasteiger partial charge in [-0.1, -0.05) is 31.1 Å². The van der Waals surface area contributed by atoms with E-state index in [-0.39, 0.29) is 0 Å². The summed E-state index contributed by atoms with van der Waals surface area (Å²) >= 11 is 0. The Morgan fingerprint density at radius 3 is 2.52 bits per heavy atom. The van der Waals surface area contributed by atoms with Crippen molar-refractivity contribution >= 4 is 5.69 Å². The number of aromatic nitrogens is 2. The average molecular weight is 344 g/mol. The molecule has 1 aliphatic rings. The number of rotatable bonds is 7. The summed E-state index contributed by atoms with van der Waals surface area (Å²) in [4.78, 5) is 9.03. The van der Waals surface area contributed by atoms with Crippen molar-refractivity contribution in [2.45, 2.75) is 33.4 Å². The molecule has 25 heavy (non-hydrogen) atoms. The third kappa shape index (κ3) is 5.28. The van der Waals surface area contributed by atoms with Crippen LogP contribution >= 0.6 is 0 Å². The van der Waals surface area contributed by atoms with E-state index in [1.165, 1.54) is 11.3 Å². The van der Waals surface area contributed by atoms with Crippen LogP contribution in [-0.4, -0.2) is 48.4 Å². The minimum atomic E-state index is 0.535. The fourth-order valence-corrected chi connectivity index (χ4v) is 3.03. The van der Waals surface area contributed by atoms with E-state index in [1.807, 2.05) is 0 Å². The zero-order valence-electron chi connectivity index (χ0n) is 15.4. The number of anilines is 1. The van der Waals surface area contributed by atoms with Crippen LogP contribution in [0.15, 0.2) is 28.8 Å². The molecule has 6 nitrogen and oxygen atoms in total. The fraction of sp³-hybridized carbons (Fsp3) is 0.579. The molecule has 1 aliphatic heterocycles. The fourth-order valence-electron chi connectivity index (χ4n) is 3.03. The monoisotopic (exact) mass is 344 g/mol. The van der Waals surface area contributed by atoms with Gasteiger partial charge in [0, 0.05) is 31.7 Å². The molecule has 0 N–H and O–H groups in total. The van der Waals surface area contributed by atoms with E-state index in [0.29, 0.717) is 18.4 Å². The summed E-state index contributed by atoms with van der Waals surface area (Å²) in [5.74, 6) is 2.02. The van der Waals surface area contributed by atoms with Gasteiger partial charge < -0.3 is 14.2 Å². The Kier molecular flexibility index (Phi) is 6.04. The summed E-state index contributed by atoms with van der Waals surface area (Å²) in [7, 11) is 2.07. The van der Waals surface area contributed by atoms with Crippen LogP contribution in [0.1, 0.15) is 31.1 Å². The van der Waals surface area contributed by atoms with E-state index in [0.717, 1.165) is 45.1 Å². The Labute approximate surface area is 149 Å². The van der Waals surface area contributed by atoms with Crippen molar-refractivity contribution in [1.29, 1.82) is 0 Å². The van der Waals surface area contributed by atoms with Crippen LogP contribution in [0.3, 0.4) is 0 Å². The summed E-state index contributed by atoms with van der Waals surface area (Å²) < 4.78 is 10.8. The Morgan fingerprint density at radius 1 is 1.12 bits per heavy atom. The van der Waals surface area contributed by atoms with Crippen molar-refractivity contribution in [2.75, 3.05) is 38.3 Å². The second kappa shape index (κ2) is 8.45. The van der Waals surface area contributed by atoms with Crippen molar-refractivity contribution in [3.05, 3.63) is 41.5 Å². The molecular formula is C19H28N4O2. The molecular weight excluding hydrogens is 316 g/mol. The minimum Gasteiger partial charge on any atom is -0.378 e. The number of ether oxygens (including phenoxy) is 1. The van der Waals surface area contributed by atoms with E-state index in [2.05, 4.69) is 65.1 Å². The van der Waals surface area contributed by atoms with Gasteiger partial charge in [0.05, 0.1) is 19.8 Å². The van der Waals surface area contributed by atoms with Gasteiger partial charge in [-0.2, -0.15) is 4.98 Å². The molecule has 0 saturated carbocycles. The molecule has 0 atom stereocenters.